The second-order valence-corrected chi connectivity index (χ2v) is 8.07. The Morgan fingerprint density at radius 1 is 1.39 bits per heavy atom. The highest BCUT2D eigenvalue weighted by molar-refractivity contribution is 5.99. The summed E-state index contributed by atoms with van der Waals surface area (Å²) in [5.41, 5.74) is 0.300. The summed E-state index contributed by atoms with van der Waals surface area (Å²) in [6.07, 6.45) is 1.66. The van der Waals surface area contributed by atoms with Crippen molar-refractivity contribution in [2.24, 2.45) is 4.99 Å². The molecule has 2 heterocycles. The van der Waals surface area contributed by atoms with E-state index in [2.05, 4.69) is 21.8 Å². The van der Waals surface area contributed by atoms with Gasteiger partial charge in [0.2, 0.25) is 5.89 Å². The second-order valence-electron chi connectivity index (χ2n) is 8.07. The van der Waals surface area contributed by atoms with Gasteiger partial charge in [0, 0.05) is 26.1 Å². The van der Waals surface area contributed by atoms with Crippen LogP contribution in [0, 0.1) is 18.3 Å². The maximum absolute atomic E-state index is 15.2. The number of hydrogen-bond donors (Lipinski definition) is 0. The molecule has 1 amide bonds. The molecule has 0 saturated heterocycles. The molecule has 10 heteroatoms. The van der Waals surface area contributed by atoms with Crippen molar-refractivity contribution < 1.29 is 13.6 Å². The summed E-state index contributed by atoms with van der Waals surface area (Å²) in [5.74, 6) is -0.813. The van der Waals surface area contributed by atoms with Crippen LogP contribution in [0.25, 0.3) is 0 Å². The third kappa shape index (κ3) is 4.05. The minimum Gasteiger partial charge on any atom is -0.390 e. The van der Waals surface area contributed by atoms with Gasteiger partial charge in [-0.3, -0.25) is 4.79 Å². The van der Waals surface area contributed by atoms with Crippen LogP contribution < -0.4 is 5.76 Å². The first-order chi connectivity index (χ1) is 15.8. The summed E-state index contributed by atoms with van der Waals surface area (Å²) in [7, 11) is 1.54. The third-order valence-corrected chi connectivity index (χ3v) is 5.83. The van der Waals surface area contributed by atoms with Gasteiger partial charge in [-0.25, -0.2) is 19.2 Å². The number of carbonyl (C=O) groups is 1. The molecule has 0 radical (unpaired) electrons. The average molecular weight is 448 g/mol. The second kappa shape index (κ2) is 8.43. The fourth-order valence-electron chi connectivity index (χ4n) is 3.96. The summed E-state index contributed by atoms with van der Waals surface area (Å²) >= 11 is 0. The van der Waals surface area contributed by atoms with Crippen LogP contribution in [-0.2, 0) is 12.2 Å². The molecule has 0 N–H and O–H groups in total. The van der Waals surface area contributed by atoms with Gasteiger partial charge in [0.1, 0.15) is 5.67 Å². The Hall–Kier alpha value is -4.13. The van der Waals surface area contributed by atoms with E-state index in [0.29, 0.717) is 22.3 Å². The van der Waals surface area contributed by atoms with Crippen LogP contribution in [0.5, 0.6) is 0 Å². The van der Waals surface area contributed by atoms with E-state index in [1.54, 1.807) is 44.3 Å². The van der Waals surface area contributed by atoms with E-state index in [1.807, 2.05) is 6.07 Å². The molecule has 1 aromatic carbocycles. The predicted octanol–water partition coefficient (Wildman–Crippen LogP) is 3.22. The minimum atomic E-state index is -1.60. The number of amides is 1. The number of nitrogens with zero attached hydrogens (tertiary/aromatic N) is 6. The summed E-state index contributed by atoms with van der Waals surface area (Å²) in [6, 6.07) is 9.52. The van der Waals surface area contributed by atoms with Crippen LogP contribution in [0.3, 0.4) is 0 Å². The molecule has 1 saturated carbocycles. The summed E-state index contributed by atoms with van der Waals surface area (Å²) < 4.78 is 21.6. The molecule has 2 aromatic heterocycles. The Bertz CT molecular complexity index is 1320. The summed E-state index contributed by atoms with van der Waals surface area (Å²) in [5, 5.41) is 13.1. The van der Waals surface area contributed by atoms with E-state index in [0.717, 1.165) is 4.68 Å². The van der Waals surface area contributed by atoms with Crippen LogP contribution in [0.15, 0.2) is 50.7 Å². The molecule has 0 spiro atoms. The SMILES string of the molecule is C=Nc1nccc(C)c1C(=O)N(C)Cc1nn(C2CC(F)(c3ccc(C#N)cc3)C2)c(=O)o1. The van der Waals surface area contributed by atoms with Crippen molar-refractivity contribution in [1.82, 2.24) is 19.7 Å². The average Bonchev–Trinajstić information content (AvgIpc) is 3.15. The van der Waals surface area contributed by atoms with Gasteiger partial charge in [0.05, 0.1) is 29.8 Å². The number of pyridine rings is 1. The number of halogens is 1. The zero-order valence-corrected chi connectivity index (χ0v) is 18.2. The number of aryl methyl sites for hydroxylation is 1. The Morgan fingerprint density at radius 3 is 2.73 bits per heavy atom. The lowest BCUT2D eigenvalue weighted by molar-refractivity contribution is 0.00178. The molecule has 3 aromatic rings. The fraction of sp³-hybridized carbons (Fsp3) is 0.304. The van der Waals surface area contributed by atoms with Gasteiger partial charge in [0.25, 0.3) is 5.91 Å². The number of aromatic nitrogens is 3. The topological polar surface area (TPSA) is 117 Å². The molecule has 168 valence electrons. The highest BCUT2D eigenvalue weighted by Gasteiger charge is 2.48. The number of nitriles is 1. The van der Waals surface area contributed by atoms with Gasteiger partial charge >= 0.3 is 5.76 Å². The normalized spacial score (nSPS) is 19.4. The van der Waals surface area contributed by atoms with E-state index in [-0.39, 0.29) is 37.0 Å². The number of rotatable bonds is 6. The van der Waals surface area contributed by atoms with E-state index in [4.69, 9.17) is 9.68 Å². The fourth-order valence-corrected chi connectivity index (χ4v) is 3.96. The van der Waals surface area contributed by atoms with Crippen molar-refractivity contribution >= 4 is 18.4 Å². The summed E-state index contributed by atoms with van der Waals surface area (Å²) in [4.78, 5) is 34.4. The van der Waals surface area contributed by atoms with Crippen molar-refractivity contribution in [1.29, 1.82) is 5.26 Å². The molecule has 1 aliphatic carbocycles. The number of carbonyl (C=O) groups excluding carboxylic acids is 1. The zero-order valence-electron chi connectivity index (χ0n) is 18.2. The quantitative estimate of drug-likeness (QED) is 0.535. The maximum atomic E-state index is 15.2. The van der Waals surface area contributed by atoms with Crippen molar-refractivity contribution in [3.63, 3.8) is 0 Å². The highest BCUT2D eigenvalue weighted by Crippen LogP contribution is 2.50. The van der Waals surface area contributed by atoms with E-state index in [9.17, 15) is 9.59 Å². The first-order valence-electron chi connectivity index (χ1n) is 10.2. The van der Waals surface area contributed by atoms with Crippen LogP contribution >= 0.6 is 0 Å². The van der Waals surface area contributed by atoms with Crippen LogP contribution in [0.2, 0.25) is 0 Å². The van der Waals surface area contributed by atoms with Crippen molar-refractivity contribution in [2.75, 3.05) is 7.05 Å². The van der Waals surface area contributed by atoms with Gasteiger partial charge in [-0.15, -0.1) is 5.10 Å². The summed E-state index contributed by atoms with van der Waals surface area (Å²) in [6.45, 7) is 5.15. The molecular formula is C23H21FN6O3. The lowest BCUT2D eigenvalue weighted by Crippen LogP contribution is -2.41. The number of aliphatic imine (C=N–C) groups is 1. The van der Waals surface area contributed by atoms with Crippen molar-refractivity contribution in [3.8, 4) is 6.07 Å². The lowest BCUT2D eigenvalue weighted by Gasteiger charge is -2.40. The Morgan fingerprint density at radius 2 is 2.09 bits per heavy atom. The number of hydrogen-bond acceptors (Lipinski definition) is 7. The van der Waals surface area contributed by atoms with Crippen LogP contribution in [-0.4, -0.2) is 39.3 Å². The monoisotopic (exact) mass is 448 g/mol. The largest absolute Gasteiger partial charge is 0.437 e. The first kappa shape index (κ1) is 22.1. The highest BCUT2D eigenvalue weighted by atomic mass is 19.1. The Labute approximate surface area is 188 Å². The maximum Gasteiger partial charge on any atom is 0.437 e. The minimum absolute atomic E-state index is 0.0419. The molecule has 33 heavy (non-hydrogen) atoms. The Balaban J connectivity index is 1.46. The Kier molecular flexibility index (Phi) is 5.64. The standard InChI is InChI=1S/C23H21FN6O3/c1-14-8-9-27-20(26-2)19(14)21(31)29(3)13-18-28-30(22(32)33-18)17-10-23(24,11-17)16-6-4-15(12-25)5-7-16/h4-9,17H,2,10-11,13H2,1,3H3. The van der Waals surface area contributed by atoms with Crippen LogP contribution in [0.1, 0.15) is 51.8 Å². The molecule has 1 fully saturated rings. The van der Waals surface area contributed by atoms with E-state index >= 15 is 4.39 Å². The van der Waals surface area contributed by atoms with E-state index < -0.39 is 17.5 Å². The molecule has 4 rings (SSSR count). The molecule has 0 atom stereocenters. The van der Waals surface area contributed by atoms with Gasteiger partial charge in [-0.2, -0.15) is 9.94 Å². The third-order valence-electron chi connectivity index (χ3n) is 5.83. The first-order valence-corrected chi connectivity index (χ1v) is 10.2. The molecule has 1 aliphatic rings. The molecule has 0 bridgehead atoms. The molecule has 0 unspecified atom stereocenters. The van der Waals surface area contributed by atoms with Gasteiger partial charge in [-0.1, -0.05) is 12.1 Å². The van der Waals surface area contributed by atoms with Crippen LogP contribution in [0.4, 0.5) is 10.2 Å². The van der Waals surface area contributed by atoms with Gasteiger partial charge < -0.3 is 9.32 Å². The number of benzene rings is 1. The van der Waals surface area contributed by atoms with Gasteiger partial charge in [0.15, 0.2) is 5.82 Å². The zero-order chi connectivity index (χ0) is 23.8. The lowest BCUT2D eigenvalue weighted by atomic mass is 9.73. The smallest absolute Gasteiger partial charge is 0.390 e. The van der Waals surface area contributed by atoms with E-state index in [1.165, 1.54) is 11.1 Å². The predicted molar refractivity (Wildman–Crippen MR) is 117 cm³/mol. The van der Waals surface area contributed by atoms with Crippen molar-refractivity contribution in [3.05, 3.63) is 75.2 Å². The number of alkyl halides is 1. The molecule has 9 nitrogen and oxygen atoms in total. The van der Waals surface area contributed by atoms with Crippen molar-refractivity contribution in [2.45, 2.75) is 38.0 Å². The van der Waals surface area contributed by atoms with Gasteiger partial charge in [-0.05, 0) is 43.0 Å². The molecular weight excluding hydrogens is 427 g/mol. The molecule has 0 aliphatic heterocycles.